The van der Waals surface area contributed by atoms with E-state index in [4.69, 9.17) is 60.6 Å². The van der Waals surface area contributed by atoms with Gasteiger partial charge in [-0.2, -0.15) is 11.3 Å². The molecule has 0 atom stereocenters. The van der Waals surface area contributed by atoms with Crippen LogP contribution >= 0.6 is 57.7 Å². The second kappa shape index (κ2) is 10.9. The summed E-state index contributed by atoms with van der Waals surface area (Å²) in [6.07, 6.45) is 1.99. The van der Waals surface area contributed by atoms with Gasteiger partial charge >= 0.3 is 5.97 Å². The van der Waals surface area contributed by atoms with Gasteiger partial charge in [0.15, 0.2) is 5.75 Å². The maximum absolute atomic E-state index is 11.7. The number of halogens is 4. The smallest absolute Gasteiger partial charge is 0.338 e. The van der Waals surface area contributed by atoms with E-state index in [1.54, 1.807) is 23.6 Å². The van der Waals surface area contributed by atoms with E-state index in [9.17, 15) is 4.79 Å². The molecule has 1 aromatic heterocycles. The summed E-state index contributed by atoms with van der Waals surface area (Å²) < 4.78 is 16.2. The molecule has 0 spiro atoms. The van der Waals surface area contributed by atoms with Gasteiger partial charge in [0.25, 0.3) is 0 Å². The van der Waals surface area contributed by atoms with Gasteiger partial charge < -0.3 is 14.2 Å². The molecule has 0 saturated carbocycles. The van der Waals surface area contributed by atoms with Crippen molar-refractivity contribution in [3.63, 3.8) is 0 Å². The Morgan fingerprint density at radius 3 is 2.46 bits per heavy atom. The van der Waals surface area contributed by atoms with Crippen LogP contribution in [0.4, 0.5) is 0 Å². The molecular formula is C17H14Cl4O4S. The van der Waals surface area contributed by atoms with E-state index in [0.717, 1.165) is 0 Å². The lowest BCUT2D eigenvalue weighted by atomic mass is 10.3. The second-order valence-electron chi connectivity index (χ2n) is 4.87. The van der Waals surface area contributed by atoms with Crippen LogP contribution in [0.2, 0.25) is 10.0 Å². The van der Waals surface area contributed by atoms with Crippen molar-refractivity contribution < 1.29 is 19.0 Å². The number of carbonyl (C=O) groups excluding carboxylic acids is 1. The van der Waals surface area contributed by atoms with Crippen LogP contribution in [0.15, 0.2) is 39.5 Å². The molecule has 140 valence electrons. The van der Waals surface area contributed by atoms with Crippen molar-refractivity contribution in [3.8, 4) is 11.5 Å². The third-order valence-corrected chi connectivity index (χ3v) is 4.54. The zero-order valence-corrected chi connectivity index (χ0v) is 17.2. The summed E-state index contributed by atoms with van der Waals surface area (Å²) in [7, 11) is 0. The van der Waals surface area contributed by atoms with Crippen LogP contribution in [0.5, 0.6) is 11.5 Å². The fourth-order valence-electron chi connectivity index (χ4n) is 1.82. The van der Waals surface area contributed by atoms with Crippen molar-refractivity contribution in [1.82, 2.24) is 0 Å². The van der Waals surface area contributed by atoms with Crippen molar-refractivity contribution in [1.29, 1.82) is 0 Å². The van der Waals surface area contributed by atoms with Gasteiger partial charge in [0, 0.05) is 23.9 Å². The molecule has 0 aliphatic carbocycles. The molecule has 0 fully saturated rings. The van der Waals surface area contributed by atoms with Gasteiger partial charge in [-0.15, -0.1) is 0 Å². The monoisotopic (exact) mass is 454 g/mol. The standard InChI is InChI=1S/C17H14Cl4O4S/c18-13-8-12(23-6-2-15(20)21)9-14(19)16(13)24-4-1-5-25-17(22)11-3-7-26-10-11/h2-3,7-10H,1,4-6H2. The zero-order valence-electron chi connectivity index (χ0n) is 13.3. The van der Waals surface area contributed by atoms with E-state index in [1.165, 1.54) is 17.4 Å². The number of rotatable bonds is 9. The van der Waals surface area contributed by atoms with E-state index < -0.39 is 0 Å². The summed E-state index contributed by atoms with van der Waals surface area (Å²) in [5.74, 6) is 0.452. The van der Waals surface area contributed by atoms with Crippen molar-refractivity contribution in [2.24, 2.45) is 0 Å². The molecule has 9 heteroatoms. The number of ether oxygens (including phenoxy) is 3. The number of esters is 1. The van der Waals surface area contributed by atoms with E-state index in [0.29, 0.717) is 40.1 Å². The van der Waals surface area contributed by atoms with Crippen LogP contribution in [0.3, 0.4) is 0 Å². The van der Waals surface area contributed by atoms with E-state index >= 15 is 0 Å². The van der Waals surface area contributed by atoms with E-state index in [-0.39, 0.29) is 23.7 Å². The predicted molar refractivity (Wildman–Crippen MR) is 106 cm³/mol. The molecule has 0 N–H and O–H groups in total. The average molecular weight is 456 g/mol. The minimum atomic E-state index is -0.352. The Kier molecular flexibility index (Phi) is 8.88. The number of hydrogen-bond donors (Lipinski definition) is 0. The van der Waals surface area contributed by atoms with Crippen LogP contribution < -0.4 is 9.47 Å². The summed E-state index contributed by atoms with van der Waals surface area (Å²) >= 11 is 24.8. The first-order valence-electron chi connectivity index (χ1n) is 7.42. The lowest BCUT2D eigenvalue weighted by molar-refractivity contribution is 0.0486. The Hall–Kier alpha value is -1.11. The molecule has 0 amide bonds. The molecule has 2 aromatic rings. The third-order valence-electron chi connectivity index (χ3n) is 2.98. The summed E-state index contributed by atoms with van der Waals surface area (Å²) in [6.45, 7) is 0.711. The fourth-order valence-corrected chi connectivity index (χ4v) is 3.15. The van der Waals surface area contributed by atoms with Crippen molar-refractivity contribution in [3.05, 3.63) is 55.1 Å². The number of carbonyl (C=O) groups is 1. The SMILES string of the molecule is O=C(OCCCOc1c(Cl)cc(OCC=C(Cl)Cl)cc1Cl)c1ccsc1. The summed E-state index contributed by atoms with van der Waals surface area (Å²) in [4.78, 5) is 11.7. The fraction of sp³-hybridized carbons (Fsp3) is 0.235. The topological polar surface area (TPSA) is 44.8 Å². The minimum Gasteiger partial charge on any atom is -0.490 e. The molecule has 0 aliphatic rings. The quantitative estimate of drug-likeness (QED) is 0.325. The Balaban J connectivity index is 1.78. The maximum Gasteiger partial charge on any atom is 0.338 e. The largest absolute Gasteiger partial charge is 0.490 e. The first kappa shape index (κ1) is 21.2. The number of thiophene rings is 1. The van der Waals surface area contributed by atoms with Crippen molar-refractivity contribution >= 4 is 63.7 Å². The Bertz CT molecular complexity index is 735. The molecule has 26 heavy (non-hydrogen) atoms. The highest BCUT2D eigenvalue weighted by Crippen LogP contribution is 2.37. The summed E-state index contributed by atoms with van der Waals surface area (Å²) in [6, 6.07) is 4.87. The van der Waals surface area contributed by atoms with Gasteiger partial charge in [-0.25, -0.2) is 4.79 Å². The van der Waals surface area contributed by atoms with Gasteiger partial charge in [0.2, 0.25) is 0 Å². The maximum atomic E-state index is 11.7. The molecule has 0 aliphatic heterocycles. The van der Waals surface area contributed by atoms with E-state index in [2.05, 4.69) is 0 Å². The predicted octanol–water partition coefficient (Wildman–Crippen LogP) is 6.38. The van der Waals surface area contributed by atoms with Crippen molar-refractivity contribution in [2.75, 3.05) is 19.8 Å². The molecule has 0 saturated heterocycles. The van der Waals surface area contributed by atoms with Gasteiger partial charge in [-0.1, -0.05) is 46.4 Å². The molecule has 1 heterocycles. The highest BCUT2D eigenvalue weighted by Gasteiger charge is 2.11. The normalized spacial score (nSPS) is 10.3. The zero-order chi connectivity index (χ0) is 18.9. The van der Waals surface area contributed by atoms with Crippen LogP contribution in [0.25, 0.3) is 0 Å². The molecule has 4 nitrogen and oxygen atoms in total. The van der Waals surface area contributed by atoms with Gasteiger partial charge in [-0.05, 0) is 17.5 Å². The number of hydrogen-bond acceptors (Lipinski definition) is 5. The average Bonchev–Trinajstić information content (AvgIpc) is 3.10. The Morgan fingerprint density at radius 1 is 1.12 bits per heavy atom. The molecule has 0 unspecified atom stereocenters. The van der Waals surface area contributed by atoms with Crippen LogP contribution in [-0.4, -0.2) is 25.8 Å². The lowest BCUT2D eigenvalue weighted by Crippen LogP contribution is -2.08. The van der Waals surface area contributed by atoms with E-state index in [1.807, 2.05) is 5.38 Å². The van der Waals surface area contributed by atoms with Gasteiger partial charge in [0.05, 0.1) is 28.8 Å². The van der Waals surface area contributed by atoms with Crippen LogP contribution in [0, 0.1) is 0 Å². The first-order chi connectivity index (χ1) is 12.5. The van der Waals surface area contributed by atoms with Gasteiger partial charge in [0.1, 0.15) is 16.8 Å². The molecule has 1 aromatic carbocycles. The Morgan fingerprint density at radius 2 is 1.85 bits per heavy atom. The Labute approximate surface area is 175 Å². The van der Waals surface area contributed by atoms with Crippen LogP contribution in [0.1, 0.15) is 16.8 Å². The lowest BCUT2D eigenvalue weighted by Gasteiger charge is -2.12. The molecule has 0 radical (unpaired) electrons. The second-order valence-corrected chi connectivity index (χ2v) is 7.47. The first-order valence-corrected chi connectivity index (χ1v) is 9.88. The molecule has 0 bridgehead atoms. The molecule has 2 rings (SSSR count). The molecular weight excluding hydrogens is 442 g/mol. The summed E-state index contributed by atoms with van der Waals surface area (Å²) in [5, 5.41) is 4.17. The van der Waals surface area contributed by atoms with Crippen LogP contribution in [-0.2, 0) is 4.74 Å². The highest BCUT2D eigenvalue weighted by molar-refractivity contribution is 7.08. The minimum absolute atomic E-state index is 0.113. The highest BCUT2D eigenvalue weighted by atomic mass is 35.5. The summed E-state index contributed by atoms with van der Waals surface area (Å²) in [5.41, 5.74) is 0.544. The van der Waals surface area contributed by atoms with Crippen molar-refractivity contribution in [2.45, 2.75) is 6.42 Å². The third kappa shape index (κ3) is 6.89. The number of benzene rings is 1. The van der Waals surface area contributed by atoms with Gasteiger partial charge in [-0.3, -0.25) is 0 Å².